The zero-order chi connectivity index (χ0) is 15.5. The van der Waals surface area contributed by atoms with Gasteiger partial charge in [0.15, 0.2) is 0 Å². The number of esters is 1. The minimum Gasteiger partial charge on any atom is -0.458 e. The molecule has 0 aliphatic rings. The van der Waals surface area contributed by atoms with Gasteiger partial charge >= 0.3 is 5.97 Å². The van der Waals surface area contributed by atoms with Crippen LogP contribution in [0.2, 0.25) is 5.02 Å². The van der Waals surface area contributed by atoms with Crippen LogP contribution >= 0.6 is 34.2 Å². The number of carbonyl (C=O) groups is 2. The van der Waals surface area contributed by atoms with Gasteiger partial charge in [0, 0.05) is 9.13 Å². The molecule has 1 aromatic carbocycles. The summed E-state index contributed by atoms with van der Waals surface area (Å²) in [6.45, 7) is 6.91. The smallest absolute Gasteiger partial charge is 0.328 e. The second-order valence-corrected chi connectivity index (χ2v) is 6.93. The van der Waals surface area contributed by atoms with Gasteiger partial charge in [-0.05, 0) is 68.5 Å². The number of rotatable bonds is 3. The molecule has 4 nitrogen and oxygen atoms in total. The molecule has 0 saturated carbocycles. The van der Waals surface area contributed by atoms with E-state index in [0.717, 1.165) is 3.57 Å². The van der Waals surface area contributed by atoms with Crippen molar-refractivity contribution in [1.82, 2.24) is 5.32 Å². The normalized spacial score (nSPS) is 12.7. The van der Waals surface area contributed by atoms with Crippen LogP contribution in [0.3, 0.4) is 0 Å². The van der Waals surface area contributed by atoms with Crippen LogP contribution in [0.25, 0.3) is 0 Å². The average Bonchev–Trinajstić information content (AvgIpc) is 2.30. The summed E-state index contributed by atoms with van der Waals surface area (Å²) in [6, 6.07) is 4.25. The van der Waals surface area contributed by atoms with Crippen LogP contribution in [0, 0.1) is 3.57 Å². The lowest BCUT2D eigenvalue weighted by molar-refractivity contribution is -0.156. The number of halogens is 2. The second-order valence-electron chi connectivity index (χ2n) is 5.36. The maximum absolute atomic E-state index is 12.0. The Morgan fingerprint density at radius 1 is 1.35 bits per heavy atom. The summed E-state index contributed by atoms with van der Waals surface area (Å²) in [7, 11) is 0. The van der Waals surface area contributed by atoms with Crippen molar-refractivity contribution in [2.45, 2.75) is 39.3 Å². The zero-order valence-electron chi connectivity index (χ0n) is 11.8. The van der Waals surface area contributed by atoms with Crippen LogP contribution in [-0.2, 0) is 9.53 Å². The first-order valence-corrected chi connectivity index (χ1v) is 7.54. The van der Waals surface area contributed by atoms with Gasteiger partial charge in [-0.25, -0.2) is 4.79 Å². The van der Waals surface area contributed by atoms with Crippen LogP contribution in [0.15, 0.2) is 18.2 Å². The third-order valence-electron chi connectivity index (χ3n) is 2.29. The fraction of sp³-hybridized carbons (Fsp3) is 0.429. The van der Waals surface area contributed by atoms with E-state index in [1.54, 1.807) is 45.9 Å². The van der Waals surface area contributed by atoms with Gasteiger partial charge in [-0.1, -0.05) is 11.6 Å². The van der Waals surface area contributed by atoms with Gasteiger partial charge in [0.1, 0.15) is 11.6 Å². The number of amides is 1. The summed E-state index contributed by atoms with van der Waals surface area (Å²) in [6.07, 6.45) is 0. The molecular weight excluding hydrogens is 393 g/mol. The first-order chi connectivity index (χ1) is 9.10. The molecule has 1 rings (SSSR count). The lowest BCUT2D eigenvalue weighted by Gasteiger charge is -2.22. The highest BCUT2D eigenvalue weighted by atomic mass is 127. The predicted octanol–water partition coefficient (Wildman–Crippen LogP) is 3.40. The minimum absolute atomic E-state index is 0.360. The van der Waals surface area contributed by atoms with E-state index in [-0.39, 0.29) is 5.91 Å². The summed E-state index contributed by atoms with van der Waals surface area (Å²) < 4.78 is 6.06. The Bertz CT molecular complexity index is 526. The average molecular weight is 410 g/mol. The second kappa shape index (κ2) is 6.76. The highest BCUT2D eigenvalue weighted by Crippen LogP contribution is 2.19. The number of ether oxygens (including phenoxy) is 1. The van der Waals surface area contributed by atoms with Crippen molar-refractivity contribution in [3.63, 3.8) is 0 Å². The summed E-state index contributed by atoms with van der Waals surface area (Å²) in [4.78, 5) is 23.8. The standard InChI is InChI=1S/C14H17ClINO3/c1-8(13(19)20-14(2,3)4)17-12(18)9-5-6-11(16)10(15)7-9/h5-8H,1-4H3,(H,17,18)/t8-/m0/s1. The molecule has 0 aromatic heterocycles. The molecule has 0 spiro atoms. The Morgan fingerprint density at radius 2 is 1.95 bits per heavy atom. The van der Waals surface area contributed by atoms with E-state index in [1.807, 2.05) is 0 Å². The molecule has 1 atom stereocenters. The lowest BCUT2D eigenvalue weighted by Crippen LogP contribution is -2.42. The lowest BCUT2D eigenvalue weighted by atomic mass is 10.2. The molecule has 110 valence electrons. The third-order valence-corrected chi connectivity index (χ3v) is 3.86. The van der Waals surface area contributed by atoms with Crippen LogP contribution in [0.4, 0.5) is 0 Å². The van der Waals surface area contributed by atoms with Crippen LogP contribution in [0.5, 0.6) is 0 Å². The van der Waals surface area contributed by atoms with E-state index in [0.29, 0.717) is 10.6 Å². The summed E-state index contributed by atoms with van der Waals surface area (Å²) in [5.74, 6) is -0.830. The van der Waals surface area contributed by atoms with Crippen molar-refractivity contribution in [1.29, 1.82) is 0 Å². The Labute approximate surface area is 137 Å². The van der Waals surface area contributed by atoms with Gasteiger partial charge in [0.2, 0.25) is 0 Å². The van der Waals surface area contributed by atoms with E-state index < -0.39 is 17.6 Å². The molecule has 0 radical (unpaired) electrons. The quantitative estimate of drug-likeness (QED) is 0.615. The van der Waals surface area contributed by atoms with E-state index in [2.05, 4.69) is 27.9 Å². The number of hydrogen-bond donors (Lipinski definition) is 1. The fourth-order valence-corrected chi connectivity index (χ4v) is 1.88. The zero-order valence-corrected chi connectivity index (χ0v) is 14.7. The maximum atomic E-state index is 12.0. The Morgan fingerprint density at radius 3 is 2.45 bits per heavy atom. The molecular formula is C14H17ClINO3. The number of carbonyl (C=O) groups excluding carboxylic acids is 2. The van der Waals surface area contributed by atoms with E-state index in [4.69, 9.17) is 16.3 Å². The molecule has 1 amide bonds. The molecule has 20 heavy (non-hydrogen) atoms. The van der Waals surface area contributed by atoms with Gasteiger partial charge in [0.25, 0.3) is 5.91 Å². The molecule has 0 aliphatic carbocycles. The predicted molar refractivity (Wildman–Crippen MR) is 86.9 cm³/mol. The molecule has 1 N–H and O–H groups in total. The van der Waals surface area contributed by atoms with Crippen molar-refractivity contribution < 1.29 is 14.3 Å². The number of benzene rings is 1. The van der Waals surface area contributed by atoms with Gasteiger partial charge in [0.05, 0.1) is 5.02 Å². The molecule has 0 saturated heterocycles. The largest absolute Gasteiger partial charge is 0.458 e. The molecule has 6 heteroatoms. The van der Waals surface area contributed by atoms with E-state index in [1.165, 1.54) is 0 Å². The maximum Gasteiger partial charge on any atom is 0.328 e. The number of nitrogens with one attached hydrogen (secondary N) is 1. The van der Waals surface area contributed by atoms with Crippen LogP contribution < -0.4 is 5.32 Å². The van der Waals surface area contributed by atoms with Gasteiger partial charge in [-0.2, -0.15) is 0 Å². The van der Waals surface area contributed by atoms with E-state index in [9.17, 15) is 9.59 Å². The van der Waals surface area contributed by atoms with Crippen LogP contribution in [-0.4, -0.2) is 23.5 Å². The van der Waals surface area contributed by atoms with Gasteiger partial charge < -0.3 is 10.1 Å². The minimum atomic E-state index is -0.722. The SMILES string of the molecule is C[C@H](NC(=O)c1ccc(I)c(Cl)c1)C(=O)OC(C)(C)C. The van der Waals surface area contributed by atoms with Crippen molar-refractivity contribution >= 4 is 46.1 Å². The first kappa shape index (κ1) is 17.2. The monoisotopic (exact) mass is 409 g/mol. The molecule has 0 bridgehead atoms. The molecule has 1 aromatic rings. The first-order valence-electron chi connectivity index (χ1n) is 6.09. The molecule has 0 unspecified atom stereocenters. The molecule has 0 fully saturated rings. The van der Waals surface area contributed by atoms with E-state index >= 15 is 0 Å². The van der Waals surface area contributed by atoms with Crippen molar-refractivity contribution in [2.75, 3.05) is 0 Å². The Balaban J connectivity index is 2.70. The summed E-state index contributed by atoms with van der Waals surface area (Å²) in [5, 5.41) is 3.09. The Hall–Kier alpha value is -0.820. The highest BCUT2D eigenvalue weighted by Gasteiger charge is 2.23. The van der Waals surface area contributed by atoms with Crippen molar-refractivity contribution in [3.05, 3.63) is 32.4 Å². The van der Waals surface area contributed by atoms with Gasteiger partial charge in [-0.3, -0.25) is 4.79 Å². The van der Waals surface area contributed by atoms with Crippen molar-refractivity contribution in [3.8, 4) is 0 Å². The number of hydrogen-bond acceptors (Lipinski definition) is 3. The fourth-order valence-electron chi connectivity index (χ4n) is 1.37. The third kappa shape index (κ3) is 5.28. The summed E-state index contributed by atoms with van der Waals surface area (Å²) >= 11 is 8.04. The molecule has 0 aliphatic heterocycles. The van der Waals surface area contributed by atoms with Gasteiger partial charge in [-0.15, -0.1) is 0 Å². The van der Waals surface area contributed by atoms with Crippen LogP contribution in [0.1, 0.15) is 38.1 Å². The summed E-state index contributed by atoms with van der Waals surface area (Å²) in [5.41, 5.74) is -0.173. The highest BCUT2D eigenvalue weighted by molar-refractivity contribution is 14.1. The topological polar surface area (TPSA) is 55.4 Å². The molecule has 0 heterocycles. The van der Waals surface area contributed by atoms with Crippen molar-refractivity contribution in [2.24, 2.45) is 0 Å². The Kier molecular flexibility index (Phi) is 5.82.